The molecule has 1 aliphatic heterocycles. The van der Waals surface area contributed by atoms with Gasteiger partial charge in [0.2, 0.25) is 0 Å². The highest BCUT2D eigenvalue weighted by atomic mass is 16.6. The number of hydrogen-bond donors (Lipinski definition) is 4. The van der Waals surface area contributed by atoms with Crippen LogP contribution in [0.3, 0.4) is 0 Å². The molecule has 196 valence electrons. The number of nitrogens with one attached hydrogen (secondary N) is 1. The number of carbonyl (C=O) groups excluding carboxylic acids is 3. The van der Waals surface area contributed by atoms with Gasteiger partial charge in [-0.2, -0.15) is 0 Å². The number of cyclic esters (lactones) is 1. The zero-order chi connectivity index (χ0) is 27.4. The topological polar surface area (TPSA) is 152 Å². The van der Waals surface area contributed by atoms with E-state index in [4.69, 9.17) is 14.2 Å². The van der Waals surface area contributed by atoms with E-state index in [0.29, 0.717) is 16.7 Å². The van der Waals surface area contributed by atoms with Crippen molar-refractivity contribution in [1.29, 1.82) is 0 Å². The van der Waals surface area contributed by atoms with Crippen LogP contribution in [0.15, 0.2) is 72.3 Å². The van der Waals surface area contributed by atoms with Gasteiger partial charge in [0.25, 0.3) is 5.91 Å². The number of benzene rings is 3. The number of aromatic hydroxyl groups is 3. The van der Waals surface area contributed by atoms with E-state index in [2.05, 4.69) is 5.32 Å². The predicted octanol–water partition coefficient (Wildman–Crippen LogP) is 2.94. The van der Waals surface area contributed by atoms with Crippen LogP contribution in [0.2, 0.25) is 0 Å². The first-order valence-corrected chi connectivity index (χ1v) is 11.5. The summed E-state index contributed by atoms with van der Waals surface area (Å²) < 4.78 is 15.5. The first kappa shape index (κ1) is 26.1. The van der Waals surface area contributed by atoms with Crippen LogP contribution in [-0.2, 0) is 23.9 Å². The fraction of sp³-hybridized carbons (Fsp3) is 0.179. The SMILES string of the molecule is COC(=O)[C@H](NC(=O)[C@@H]1OC(=O)/C(=C/c2ccc(O)c(OC)c2)[C@H]1c1ccc(O)c(O)c1)c1ccccc1. The van der Waals surface area contributed by atoms with Crippen LogP contribution in [0.1, 0.15) is 28.7 Å². The summed E-state index contributed by atoms with van der Waals surface area (Å²) in [5.41, 5.74) is 1.30. The fourth-order valence-corrected chi connectivity index (χ4v) is 4.21. The van der Waals surface area contributed by atoms with Gasteiger partial charge in [-0.15, -0.1) is 0 Å². The standard InChI is InChI=1S/C28H25NO9/c1-36-22-13-15(8-10-20(22)31)12-18-23(17-9-11-19(30)21(32)14-17)25(38-27(18)34)26(33)29-24(28(35)37-2)16-6-4-3-5-7-16/h3-14,23-25,30-32H,1-2H3,(H,29,33)/b18-12+/t23-,24-,25-/m1/s1. The minimum atomic E-state index is -1.42. The van der Waals surface area contributed by atoms with Gasteiger partial charge >= 0.3 is 11.9 Å². The van der Waals surface area contributed by atoms with E-state index in [-0.39, 0.29) is 22.8 Å². The van der Waals surface area contributed by atoms with Gasteiger partial charge in [-0.05, 0) is 47.0 Å². The first-order chi connectivity index (χ1) is 18.2. The number of hydrogen-bond acceptors (Lipinski definition) is 9. The molecule has 10 heteroatoms. The Morgan fingerprint density at radius 2 is 1.66 bits per heavy atom. The average molecular weight is 520 g/mol. The molecule has 0 bridgehead atoms. The van der Waals surface area contributed by atoms with Crippen molar-refractivity contribution in [2.75, 3.05) is 14.2 Å². The van der Waals surface area contributed by atoms with Gasteiger partial charge in [0.05, 0.1) is 20.1 Å². The second-order valence-corrected chi connectivity index (χ2v) is 8.46. The molecule has 3 aromatic rings. The molecule has 1 saturated heterocycles. The Hall–Kier alpha value is -4.99. The number of methoxy groups -OCH3 is 2. The number of phenolic OH excluding ortho intramolecular Hbond substituents is 3. The molecule has 0 saturated carbocycles. The van der Waals surface area contributed by atoms with E-state index in [1.807, 2.05) is 0 Å². The molecular formula is C28H25NO9. The third kappa shape index (κ3) is 5.24. The minimum absolute atomic E-state index is 0.0670. The Bertz CT molecular complexity index is 1400. The predicted molar refractivity (Wildman–Crippen MR) is 134 cm³/mol. The zero-order valence-corrected chi connectivity index (χ0v) is 20.5. The van der Waals surface area contributed by atoms with Crippen molar-refractivity contribution in [1.82, 2.24) is 5.32 Å². The summed E-state index contributed by atoms with van der Waals surface area (Å²) in [6.07, 6.45) is 0.0498. The summed E-state index contributed by atoms with van der Waals surface area (Å²) in [6, 6.07) is 15.6. The van der Waals surface area contributed by atoms with Gasteiger partial charge in [-0.25, -0.2) is 9.59 Å². The molecule has 4 rings (SSSR count). The van der Waals surface area contributed by atoms with Gasteiger partial charge in [0.15, 0.2) is 35.1 Å². The van der Waals surface area contributed by atoms with Crippen molar-refractivity contribution in [3.8, 4) is 23.0 Å². The summed E-state index contributed by atoms with van der Waals surface area (Å²) in [4.78, 5) is 39.0. The molecule has 0 radical (unpaired) electrons. The van der Waals surface area contributed by atoms with E-state index in [1.54, 1.807) is 36.4 Å². The summed E-state index contributed by atoms with van der Waals surface area (Å²) in [5.74, 6) is -4.10. The van der Waals surface area contributed by atoms with Crippen molar-refractivity contribution in [3.05, 3.63) is 89.0 Å². The lowest BCUT2D eigenvalue weighted by atomic mass is 9.86. The lowest BCUT2D eigenvalue weighted by Crippen LogP contribution is -2.42. The van der Waals surface area contributed by atoms with Crippen LogP contribution >= 0.6 is 0 Å². The molecule has 0 aliphatic carbocycles. The summed E-state index contributed by atoms with van der Waals surface area (Å²) in [7, 11) is 2.57. The molecule has 3 aromatic carbocycles. The molecule has 1 aliphatic rings. The highest BCUT2D eigenvalue weighted by Crippen LogP contribution is 2.41. The molecule has 0 unspecified atom stereocenters. The van der Waals surface area contributed by atoms with Crippen molar-refractivity contribution >= 4 is 23.9 Å². The van der Waals surface area contributed by atoms with E-state index >= 15 is 0 Å². The highest BCUT2D eigenvalue weighted by Gasteiger charge is 2.46. The Balaban J connectivity index is 1.76. The van der Waals surface area contributed by atoms with Gasteiger partial charge in [0, 0.05) is 5.57 Å². The van der Waals surface area contributed by atoms with Crippen LogP contribution in [0.25, 0.3) is 6.08 Å². The van der Waals surface area contributed by atoms with Gasteiger partial charge in [-0.3, -0.25) is 4.79 Å². The molecule has 1 amide bonds. The third-order valence-corrected chi connectivity index (χ3v) is 6.11. The van der Waals surface area contributed by atoms with E-state index in [9.17, 15) is 29.7 Å². The van der Waals surface area contributed by atoms with E-state index in [1.165, 1.54) is 50.6 Å². The van der Waals surface area contributed by atoms with E-state index < -0.39 is 41.7 Å². The minimum Gasteiger partial charge on any atom is -0.504 e. The summed E-state index contributed by atoms with van der Waals surface area (Å²) in [6.45, 7) is 0. The van der Waals surface area contributed by atoms with Gasteiger partial charge < -0.3 is 34.8 Å². The van der Waals surface area contributed by atoms with Crippen molar-refractivity contribution in [3.63, 3.8) is 0 Å². The van der Waals surface area contributed by atoms with Crippen LogP contribution in [0, 0.1) is 0 Å². The molecule has 1 fully saturated rings. The lowest BCUT2D eigenvalue weighted by Gasteiger charge is -2.22. The number of carbonyl (C=O) groups is 3. The number of rotatable bonds is 7. The number of esters is 2. The van der Waals surface area contributed by atoms with Crippen LogP contribution < -0.4 is 10.1 Å². The Labute approximate surface area is 217 Å². The van der Waals surface area contributed by atoms with Crippen molar-refractivity contribution < 1.29 is 43.9 Å². The lowest BCUT2D eigenvalue weighted by molar-refractivity contribution is -0.150. The Morgan fingerprint density at radius 3 is 2.32 bits per heavy atom. The maximum atomic E-state index is 13.5. The normalized spacial score (nSPS) is 18.5. The van der Waals surface area contributed by atoms with Gasteiger partial charge in [-0.1, -0.05) is 42.5 Å². The maximum Gasteiger partial charge on any atom is 0.335 e. The second kappa shape index (κ2) is 11.0. The first-order valence-electron chi connectivity index (χ1n) is 11.5. The monoisotopic (exact) mass is 519 g/mol. The Kier molecular flexibility index (Phi) is 7.52. The van der Waals surface area contributed by atoms with Crippen LogP contribution in [-0.4, -0.2) is 53.5 Å². The largest absolute Gasteiger partial charge is 0.504 e. The third-order valence-electron chi connectivity index (χ3n) is 6.11. The molecule has 0 aromatic heterocycles. The molecular weight excluding hydrogens is 494 g/mol. The Morgan fingerprint density at radius 1 is 0.947 bits per heavy atom. The summed E-state index contributed by atoms with van der Waals surface area (Å²) in [5, 5.41) is 32.4. The summed E-state index contributed by atoms with van der Waals surface area (Å²) >= 11 is 0. The second-order valence-electron chi connectivity index (χ2n) is 8.46. The maximum absolute atomic E-state index is 13.5. The van der Waals surface area contributed by atoms with Gasteiger partial charge in [0.1, 0.15) is 0 Å². The quantitative estimate of drug-likeness (QED) is 0.210. The smallest absolute Gasteiger partial charge is 0.335 e. The molecule has 0 spiro atoms. The van der Waals surface area contributed by atoms with E-state index in [0.717, 1.165) is 0 Å². The van der Waals surface area contributed by atoms with Crippen LogP contribution in [0.4, 0.5) is 0 Å². The molecule has 10 nitrogen and oxygen atoms in total. The number of phenols is 3. The zero-order valence-electron chi connectivity index (χ0n) is 20.5. The van der Waals surface area contributed by atoms with Crippen LogP contribution in [0.5, 0.6) is 23.0 Å². The number of amides is 1. The number of ether oxygens (including phenoxy) is 3. The van der Waals surface area contributed by atoms with Crippen molar-refractivity contribution in [2.24, 2.45) is 0 Å². The molecule has 1 heterocycles. The highest BCUT2D eigenvalue weighted by molar-refractivity contribution is 6.03. The molecule has 38 heavy (non-hydrogen) atoms. The molecule has 4 N–H and O–H groups in total. The fourth-order valence-electron chi connectivity index (χ4n) is 4.21. The average Bonchev–Trinajstić information content (AvgIpc) is 3.25. The van der Waals surface area contributed by atoms with Crippen molar-refractivity contribution in [2.45, 2.75) is 18.1 Å². The molecule has 3 atom stereocenters.